The van der Waals surface area contributed by atoms with E-state index in [2.05, 4.69) is 144 Å². The van der Waals surface area contributed by atoms with E-state index in [9.17, 15) is 0 Å². The lowest BCUT2D eigenvalue weighted by Gasteiger charge is -2.35. The fourth-order valence-corrected chi connectivity index (χ4v) is 6.25. The summed E-state index contributed by atoms with van der Waals surface area (Å²) in [6, 6.07) is 30.6. The minimum absolute atomic E-state index is 0.0601. The van der Waals surface area contributed by atoms with Gasteiger partial charge in [0.2, 0.25) is 0 Å². The van der Waals surface area contributed by atoms with Gasteiger partial charge in [0.05, 0.1) is 6.04 Å². The van der Waals surface area contributed by atoms with Gasteiger partial charge in [-0.25, -0.2) is 0 Å². The Bertz CT molecular complexity index is 1520. The molecular weight excluding hydrogens is 446 g/mol. The topological polar surface area (TPSA) is 12.0 Å². The van der Waals surface area contributed by atoms with E-state index in [0.717, 1.165) is 0 Å². The second kappa shape index (κ2) is 10.3. The third-order valence-corrected chi connectivity index (χ3v) is 7.83. The lowest BCUT2D eigenvalue weighted by atomic mass is 9.74. The van der Waals surface area contributed by atoms with Crippen LogP contribution in [0.1, 0.15) is 54.6 Å². The molecule has 0 amide bonds. The Morgan fingerprint density at radius 1 is 0.757 bits per heavy atom. The van der Waals surface area contributed by atoms with Gasteiger partial charge in [0, 0.05) is 17.0 Å². The van der Waals surface area contributed by atoms with Gasteiger partial charge in [-0.05, 0) is 90.6 Å². The highest BCUT2D eigenvalue weighted by Gasteiger charge is 2.31. The van der Waals surface area contributed by atoms with Crippen LogP contribution in [0.25, 0.3) is 16.8 Å². The molecular formula is C36H37N. The van der Waals surface area contributed by atoms with Gasteiger partial charge in [-0.15, -0.1) is 0 Å². The van der Waals surface area contributed by atoms with E-state index in [4.69, 9.17) is 0 Å². The maximum Gasteiger partial charge on any atom is 0.0744 e. The summed E-state index contributed by atoms with van der Waals surface area (Å²) in [5.74, 6) is 0.276. The quantitative estimate of drug-likeness (QED) is 0.298. The van der Waals surface area contributed by atoms with Crippen LogP contribution in [0.2, 0.25) is 0 Å². The fraction of sp³-hybridized carbons (Fsp3) is 0.222. The van der Waals surface area contributed by atoms with Gasteiger partial charge in [-0.1, -0.05) is 104 Å². The molecule has 0 saturated heterocycles. The SMILES string of the molecule is CC1=CC(C)=C(C(Nc2cccc3ccccc23)c2c(C)cc(C)cc2C)C(C)C1=Cc1ccccc1. The number of hydrogen-bond acceptors (Lipinski definition) is 1. The van der Waals surface area contributed by atoms with Gasteiger partial charge in [-0.3, -0.25) is 0 Å². The maximum absolute atomic E-state index is 4.05. The number of rotatable bonds is 5. The molecule has 4 aromatic carbocycles. The molecule has 0 fully saturated rings. The lowest BCUT2D eigenvalue weighted by Crippen LogP contribution is -2.24. The van der Waals surface area contributed by atoms with E-state index in [1.165, 1.54) is 66.6 Å². The first-order valence-electron chi connectivity index (χ1n) is 13.3. The van der Waals surface area contributed by atoms with Crippen LogP contribution in [-0.4, -0.2) is 0 Å². The van der Waals surface area contributed by atoms with Crippen LogP contribution >= 0.6 is 0 Å². The maximum atomic E-state index is 4.05. The van der Waals surface area contributed by atoms with Crippen LogP contribution in [0, 0.1) is 26.7 Å². The van der Waals surface area contributed by atoms with Gasteiger partial charge in [0.25, 0.3) is 0 Å². The number of fused-ring (bicyclic) bond motifs is 1. The average molecular weight is 484 g/mol. The van der Waals surface area contributed by atoms with Gasteiger partial charge in [0.1, 0.15) is 0 Å². The predicted molar refractivity (Wildman–Crippen MR) is 161 cm³/mol. The van der Waals surface area contributed by atoms with Crippen molar-refractivity contribution in [2.24, 2.45) is 5.92 Å². The third kappa shape index (κ3) is 4.91. The monoisotopic (exact) mass is 483 g/mol. The molecule has 0 bridgehead atoms. The molecule has 0 aromatic heterocycles. The summed E-state index contributed by atoms with van der Waals surface area (Å²) in [7, 11) is 0. The Morgan fingerprint density at radius 3 is 2.14 bits per heavy atom. The van der Waals surface area contributed by atoms with Crippen molar-refractivity contribution in [1.29, 1.82) is 0 Å². The smallest absolute Gasteiger partial charge is 0.0744 e. The minimum atomic E-state index is 0.0601. The third-order valence-electron chi connectivity index (χ3n) is 7.83. The summed E-state index contributed by atoms with van der Waals surface area (Å²) >= 11 is 0. The summed E-state index contributed by atoms with van der Waals surface area (Å²) < 4.78 is 0. The zero-order chi connectivity index (χ0) is 26.1. The van der Waals surface area contributed by atoms with Gasteiger partial charge in [-0.2, -0.15) is 0 Å². The molecule has 2 atom stereocenters. The molecule has 0 heterocycles. The number of aryl methyl sites for hydroxylation is 3. The van der Waals surface area contributed by atoms with Crippen molar-refractivity contribution in [2.45, 2.75) is 47.6 Å². The number of anilines is 1. The van der Waals surface area contributed by atoms with Crippen LogP contribution < -0.4 is 5.32 Å². The molecule has 1 aliphatic carbocycles. The van der Waals surface area contributed by atoms with Crippen molar-refractivity contribution in [3.63, 3.8) is 0 Å². The van der Waals surface area contributed by atoms with Gasteiger partial charge < -0.3 is 5.32 Å². The van der Waals surface area contributed by atoms with E-state index < -0.39 is 0 Å². The average Bonchev–Trinajstić information content (AvgIpc) is 2.86. The molecule has 2 unspecified atom stereocenters. The van der Waals surface area contributed by atoms with Crippen molar-refractivity contribution < 1.29 is 0 Å². The van der Waals surface area contributed by atoms with Crippen LogP contribution in [0.4, 0.5) is 5.69 Å². The molecule has 1 nitrogen and oxygen atoms in total. The zero-order valence-corrected chi connectivity index (χ0v) is 22.9. The molecule has 186 valence electrons. The first kappa shape index (κ1) is 24.8. The summed E-state index contributed by atoms with van der Waals surface area (Å²) in [6.07, 6.45) is 4.74. The lowest BCUT2D eigenvalue weighted by molar-refractivity contribution is 0.698. The standard InChI is InChI=1S/C36H37N/c1-23-19-25(3)34(26(4)20-23)36(37-33-18-12-16-30-15-10-11-17-31(30)33)35-27(5)21-24(2)32(28(35)6)22-29-13-8-7-9-14-29/h7-22,28,36-37H,1-6H3. The number of allylic oxidation sites excluding steroid dienone is 4. The Balaban J connectivity index is 1.70. The summed E-state index contributed by atoms with van der Waals surface area (Å²) in [5, 5.41) is 6.57. The predicted octanol–water partition coefficient (Wildman–Crippen LogP) is 9.91. The van der Waals surface area contributed by atoms with Crippen molar-refractivity contribution in [1.82, 2.24) is 0 Å². The molecule has 1 heteroatoms. The van der Waals surface area contributed by atoms with Gasteiger partial charge in [0.15, 0.2) is 0 Å². The molecule has 0 spiro atoms. The second-order valence-corrected chi connectivity index (χ2v) is 10.6. The molecule has 0 radical (unpaired) electrons. The van der Waals surface area contributed by atoms with Crippen LogP contribution in [0.15, 0.2) is 113 Å². The van der Waals surface area contributed by atoms with Crippen LogP contribution in [0.3, 0.4) is 0 Å². The molecule has 37 heavy (non-hydrogen) atoms. The summed E-state index contributed by atoms with van der Waals surface area (Å²) in [4.78, 5) is 0. The molecule has 0 aliphatic heterocycles. The highest BCUT2D eigenvalue weighted by atomic mass is 14.9. The molecule has 5 rings (SSSR count). The molecule has 1 N–H and O–H groups in total. The minimum Gasteiger partial charge on any atom is -0.374 e. The van der Waals surface area contributed by atoms with Crippen molar-refractivity contribution in [3.05, 3.63) is 141 Å². The highest BCUT2D eigenvalue weighted by molar-refractivity contribution is 5.94. The second-order valence-electron chi connectivity index (χ2n) is 10.6. The van der Waals surface area contributed by atoms with E-state index in [-0.39, 0.29) is 12.0 Å². The van der Waals surface area contributed by atoms with E-state index >= 15 is 0 Å². The van der Waals surface area contributed by atoms with E-state index in [1.54, 1.807) is 0 Å². The first-order chi connectivity index (χ1) is 17.8. The Kier molecular flexibility index (Phi) is 6.89. The summed E-state index contributed by atoms with van der Waals surface area (Å²) in [5.41, 5.74) is 13.3. The fourth-order valence-electron chi connectivity index (χ4n) is 6.25. The van der Waals surface area contributed by atoms with Crippen molar-refractivity contribution in [3.8, 4) is 0 Å². The highest BCUT2D eigenvalue weighted by Crippen LogP contribution is 2.45. The van der Waals surface area contributed by atoms with Gasteiger partial charge >= 0.3 is 0 Å². The van der Waals surface area contributed by atoms with Crippen LogP contribution in [-0.2, 0) is 0 Å². The number of benzene rings is 4. The molecule has 0 saturated carbocycles. The van der Waals surface area contributed by atoms with Crippen LogP contribution in [0.5, 0.6) is 0 Å². The largest absolute Gasteiger partial charge is 0.374 e. The normalized spacial score (nSPS) is 17.7. The van der Waals surface area contributed by atoms with E-state index in [0.29, 0.717) is 0 Å². The Morgan fingerprint density at radius 2 is 1.41 bits per heavy atom. The summed E-state index contributed by atoms with van der Waals surface area (Å²) in [6.45, 7) is 13.6. The zero-order valence-electron chi connectivity index (χ0n) is 22.9. The van der Waals surface area contributed by atoms with E-state index in [1.807, 2.05) is 0 Å². The molecule has 1 aliphatic rings. The van der Waals surface area contributed by atoms with Crippen molar-refractivity contribution >= 4 is 22.5 Å². The molecule has 4 aromatic rings. The number of hydrogen-bond donors (Lipinski definition) is 1. The first-order valence-corrected chi connectivity index (χ1v) is 13.3. The Labute approximate surface area is 222 Å². The Hall–Kier alpha value is -3.84. The van der Waals surface area contributed by atoms with Crippen molar-refractivity contribution in [2.75, 3.05) is 5.32 Å². The number of nitrogens with one attached hydrogen (secondary N) is 1.